The topological polar surface area (TPSA) is 58.4 Å². The van der Waals surface area contributed by atoms with Crippen LogP contribution in [0.25, 0.3) is 10.9 Å². The fourth-order valence-corrected chi connectivity index (χ4v) is 3.30. The molecule has 1 aliphatic rings. The van der Waals surface area contributed by atoms with E-state index in [2.05, 4.69) is 9.88 Å². The molecule has 1 aromatic heterocycles. The molecule has 0 atom stereocenters. The summed E-state index contributed by atoms with van der Waals surface area (Å²) in [6.07, 6.45) is 5.37. The highest BCUT2D eigenvalue weighted by Gasteiger charge is 2.17. The van der Waals surface area contributed by atoms with Gasteiger partial charge < -0.3 is 14.4 Å². The number of nitrogens with one attached hydrogen (secondary N) is 1. The average molecular weight is 375 g/mol. The van der Waals surface area contributed by atoms with Crippen LogP contribution < -0.4 is 4.74 Å². The van der Waals surface area contributed by atoms with E-state index >= 15 is 0 Å². The molecule has 1 N–H and O–H groups in total. The van der Waals surface area contributed by atoms with E-state index < -0.39 is 5.95 Å². The minimum atomic E-state index is -0.607. The van der Waals surface area contributed by atoms with Crippen molar-refractivity contribution in [2.75, 3.05) is 33.4 Å². The molecule has 2 heterocycles. The Bertz CT molecular complexity index is 833. The van der Waals surface area contributed by atoms with Crippen LogP contribution in [0.5, 0.6) is 5.75 Å². The molecule has 1 saturated heterocycles. The molecule has 1 fully saturated rings. The summed E-state index contributed by atoms with van der Waals surface area (Å²) in [5.74, 6) is 0.153. The number of pyridine rings is 1. The lowest BCUT2D eigenvalue weighted by Gasteiger charge is -2.29. The van der Waals surface area contributed by atoms with Crippen LogP contribution in [-0.2, 0) is 4.74 Å². The van der Waals surface area contributed by atoms with Crippen LogP contribution in [-0.4, -0.2) is 49.2 Å². The second-order valence-electron chi connectivity index (χ2n) is 6.49. The van der Waals surface area contributed by atoms with Gasteiger partial charge in [-0.3, -0.25) is 5.41 Å². The van der Waals surface area contributed by atoms with Gasteiger partial charge in [0.1, 0.15) is 17.9 Å². The highest BCUT2D eigenvalue weighted by molar-refractivity contribution is 6.06. The van der Waals surface area contributed by atoms with Crippen molar-refractivity contribution in [2.24, 2.45) is 5.92 Å². The predicted octanol–water partition coefficient (Wildman–Crippen LogP) is 3.92. The molecule has 0 bridgehead atoms. The summed E-state index contributed by atoms with van der Waals surface area (Å²) in [6.45, 7) is 1.93. The maximum Gasteiger partial charge on any atom is 0.218 e. The van der Waals surface area contributed by atoms with Gasteiger partial charge in [0, 0.05) is 17.5 Å². The van der Waals surface area contributed by atoms with E-state index in [1.807, 2.05) is 6.08 Å². The first kappa shape index (κ1) is 19.2. The summed E-state index contributed by atoms with van der Waals surface area (Å²) in [7, 11) is 1.49. The SMILES string of the molecule is COc1ccc(C(=N)O/C=C/C2CCN(CCF)CC2)c2ccc(F)nc12. The molecule has 2 aromatic rings. The molecule has 0 saturated carbocycles. The van der Waals surface area contributed by atoms with Crippen LogP contribution in [0.4, 0.5) is 8.78 Å². The maximum atomic E-state index is 13.5. The number of hydrogen-bond donors (Lipinski definition) is 1. The van der Waals surface area contributed by atoms with E-state index in [0.717, 1.165) is 25.9 Å². The van der Waals surface area contributed by atoms with Crippen LogP contribution in [0.15, 0.2) is 36.6 Å². The fourth-order valence-electron chi connectivity index (χ4n) is 3.30. The van der Waals surface area contributed by atoms with Gasteiger partial charge in [-0.25, -0.2) is 9.37 Å². The first-order chi connectivity index (χ1) is 13.1. The lowest BCUT2D eigenvalue weighted by atomic mass is 9.97. The Balaban J connectivity index is 1.67. The Morgan fingerprint density at radius 3 is 2.78 bits per heavy atom. The number of benzene rings is 1. The minimum absolute atomic E-state index is 0.0397. The second-order valence-corrected chi connectivity index (χ2v) is 6.49. The van der Waals surface area contributed by atoms with Crippen molar-refractivity contribution >= 4 is 16.8 Å². The van der Waals surface area contributed by atoms with Crippen molar-refractivity contribution in [3.8, 4) is 5.75 Å². The predicted molar refractivity (Wildman–Crippen MR) is 100 cm³/mol. The number of piperidine rings is 1. The second kappa shape index (κ2) is 8.90. The number of ether oxygens (including phenoxy) is 2. The molecule has 0 spiro atoms. The molecule has 0 unspecified atom stereocenters. The number of allylic oxidation sites excluding steroid dienone is 1. The maximum absolute atomic E-state index is 13.5. The van der Waals surface area contributed by atoms with Crippen LogP contribution in [0, 0.1) is 17.3 Å². The largest absolute Gasteiger partial charge is 0.494 e. The lowest BCUT2D eigenvalue weighted by Crippen LogP contribution is -2.34. The van der Waals surface area contributed by atoms with E-state index in [0.29, 0.717) is 34.7 Å². The Morgan fingerprint density at radius 1 is 1.30 bits per heavy atom. The van der Waals surface area contributed by atoms with Crippen molar-refractivity contribution < 1.29 is 18.3 Å². The Kier molecular flexibility index (Phi) is 6.34. The van der Waals surface area contributed by atoms with Gasteiger partial charge in [-0.05, 0) is 62.2 Å². The van der Waals surface area contributed by atoms with Crippen molar-refractivity contribution in [3.05, 3.63) is 48.1 Å². The number of hydrogen-bond acceptors (Lipinski definition) is 5. The third kappa shape index (κ3) is 4.60. The number of fused-ring (bicyclic) bond motifs is 1. The third-order valence-corrected chi connectivity index (χ3v) is 4.82. The standard InChI is InChI=1S/C20H23F2N3O2/c1-26-17-4-2-16(15-3-5-18(22)24-19(15)17)20(23)27-13-8-14-6-10-25(11-7-14)12-9-21/h2-5,8,13-14,23H,6-7,9-12H2,1H3/b13-8+,23-20?. The van der Waals surface area contributed by atoms with Gasteiger partial charge in [0.25, 0.3) is 0 Å². The third-order valence-electron chi connectivity index (χ3n) is 4.82. The zero-order valence-corrected chi connectivity index (χ0v) is 15.3. The molecular weight excluding hydrogens is 352 g/mol. The zero-order chi connectivity index (χ0) is 19.2. The first-order valence-electron chi connectivity index (χ1n) is 8.96. The average Bonchev–Trinajstić information content (AvgIpc) is 2.68. The van der Waals surface area contributed by atoms with Crippen molar-refractivity contribution in [1.29, 1.82) is 5.41 Å². The van der Waals surface area contributed by atoms with Crippen LogP contribution in [0.1, 0.15) is 18.4 Å². The summed E-state index contributed by atoms with van der Waals surface area (Å²) >= 11 is 0. The van der Waals surface area contributed by atoms with E-state index in [1.165, 1.54) is 19.4 Å². The molecule has 1 aliphatic heterocycles. The smallest absolute Gasteiger partial charge is 0.218 e. The number of halogens is 2. The van der Waals surface area contributed by atoms with Crippen LogP contribution in [0.3, 0.4) is 0 Å². The highest BCUT2D eigenvalue weighted by atomic mass is 19.1. The summed E-state index contributed by atoms with van der Waals surface area (Å²) in [5, 5.41) is 8.80. The summed E-state index contributed by atoms with van der Waals surface area (Å²) in [4.78, 5) is 5.99. The van der Waals surface area contributed by atoms with Gasteiger partial charge in [0.2, 0.25) is 11.8 Å². The van der Waals surface area contributed by atoms with E-state index in [4.69, 9.17) is 14.9 Å². The quantitative estimate of drug-likeness (QED) is 0.360. The molecular formula is C20H23F2N3O2. The van der Waals surface area contributed by atoms with Crippen molar-refractivity contribution in [2.45, 2.75) is 12.8 Å². The van der Waals surface area contributed by atoms with E-state index in [9.17, 15) is 8.78 Å². The number of alkyl halides is 1. The molecule has 7 heteroatoms. The molecule has 0 amide bonds. The number of rotatable bonds is 6. The van der Waals surface area contributed by atoms with Gasteiger partial charge in [-0.1, -0.05) is 0 Å². The number of likely N-dealkylation sites (tertiary alicyclic amines) is 1. The summed E-state index contributed by atoms with van der Waals surface area (Å²) in [6, 6.07) is 6.16. The van der Waals surface area contributed by atoms with Crippen molar-refractivity contribution in [1.82, 2.24) is 9.88 Å². The molecule has 5 nitrogen and oxygen atoms in total. The van der Waals surface area contributed by atoms with E-state index in [-0.39, 0.29) is 12.6 Å². The van der Waals surface area contributed by atoms with E-state index in [1.54, 1.807) is 18.2 Å². The fraction of sp³-hybridized carbons (Fsp3) is 0.400. The number of aromatic nitrogens is 1. The Hall–Kier alpha value is -2.54. The summed E-state index contributed by atoms with van der Waals surface area (Å²) in [5.41, 5.74) is 0.869. The highest BCUT2D eigenvalue weighted by Crippen LogP contribution is 2.27. The van der Waals surface area contributed by atoms with Gasteiger partial charge in [-0.2, -0.15) is 4.39 Å². The van der Waals surface area contributed by atoms with Gasteiger partial charge in [0.05, 0.1) is 13.4 Å². The van der Waals surface area contributed by atoms with Crippen LogP contribution in [0.2, 0.25) is 0 Å². The van der Waals surface area contributed by atoms with Gasteiger partial charge in [0.15, 0.2) is 0 Å². The lowest BCUT2D eigenvalue weighted by molar-refractivity contribution is 0.188. The normalized spacial score (nSPS) is 16.1. The summed E-state index contributed by atoms with van der Waals surface area (Å²) < 4.78 is 36.6. The van der Waals surface area contributed by atoms with Gasteiger partial charge >= 0.3 is 0 Å². The Labute approximate surface area is 157 Å². The molecule has 144 valence electrons. The molecule has 0 aliphatic carbocycles. The zero-order valence-electron chi connectivity index (χ0n) is 15.3. The van der Waals surface area contributed by atoms with Gasteiger partial charge in [-0.15, -0.1) is 0 Å². The number of methoxy groups -OCH3 is 1. The molecule has 0 radical (unpaired) electrons. The molecule has 27 heavy (non-hydrogen) atoms. The molecule has 3 rings (SSSR count). The van der Waals surface area contributed by atoms with Crippen LogP contribution >= 0.6 is 0 Å². The van der Waals surface area contributed by atoms with Crippen molar-refractivity contribution in [3.63, 3.8) is 0 Å². The first-order valence-corrected chi connectivity index (χ1v) is 8.96. The minimum Gasteiger partial charge on any atom is -0.494 e. The molecule has 1 aromatic carbocycles. The number of nitrogens with zero attached hydrogens (tertiary/aromatic N) is 2. The monoisotopic (exact) mass is 375 g/mol. The Morgan fingerprint density at radius 2 is 2.07 bits per heavy atom.